The monoisotopic (exact) mass is 399 g/mol. The fourth-order valence-corrected chi connectivity index (χ4v) is 4.19. The van der Waals surface area contributed by atoms with Gasteiger partial charge in [0.1, 0.15) is 13.2 Å². The standard InChI is InChI=1S/C19H17N3O5S/c1-3-21-14-9-15-16(27-7-6-26-15)10-17(14)28-19(21)20-18(23)12-5-4-11(2)13(8-12)22(24)25/h4-5,8-10H,3,6-7H2,1-2H3. The zero-order valence-corrected chi connectivity index (χ0v) is 16.1. The SMILES string of the molecule is CCn1c(=NC(=O)c2ccc(C)c([N+](=O)[O-])c2)sc2cc3c(cc21)OCCO3. The van der Waals surface area contributed by atoms with E-state index in [1.165, 1.54) is 17.4 Å². The number of aromatic nitrogens is 1. The van der Waals surface area contributed by atoms with Crippen LogP contribution in [0.4, 0.5) is 5.69 Å². The summed E-state index contributed by atoms with van der Waals surface area (Å²) in [6, 6.07) is 8.16. The summed E-state index contributed by atoms with van der Waals surface area (Å²) in [6.45, 7) is 5.20. The summed E-state index contributed by atoms with van der Waals surface area (Å²) in [7, 11) is 0. The van der Waals surface area contributed by atoms with Crippen molar-refractivity contribution in [3.8, 4) is 11.5 Å². The third-order valence-corrected chi connectivity index (χ3v) is 5.55. The van der Waals surface area contributed by atoms with Crippen molar-refractivity contribution in [3.63, 3.8) is 0 Å². The molecule has 28 heavy (non-hydrogen) atoms. The molecular weight excluding hydrogens is 382 g/mol. The summed E-state index contributed by atoms with van der Waals surface area (Å²) in [5, 5.41) is 11.1. The number of hydrogen-bond donors (Lipinski definition) is 0. The second kappa shape index (κ2) is 7.08. The number of aryl methyl sites for hydroxylation is 2. The van der Waals surface area contributed by atoms with E-state index in [4.69, 9.17) is 9.47 Å². The van der Waals surface area contributed by atoms with Crippen molar-refractivity contribution in [1.82, 2.24) is 4.57 Å². The summed E-state index contributed by atoms with van der Waals surface area (Å²) in [6.07, 6.45) is 0. The molecule has 0 saturated heterocycles. The van der Waals surface area contributed by atoms with Crippen molar-refractivity contribution < 1.29 is 19.2 Å². The van der Waals surface area contributed by atoms with Gasteiger partial charge in [0, 0.05) is 35.9 Å². The van der Waals surface area contributed by atoms with E-state index in [0.29, 0.717) is 41.6 Å². The molecule has 1 amide bonds. The Labute approximate surface area is 163 Å². The number of hydrogen-bond acceptors (Lipinski definition) is 6. The van der Waals surface area contributed by atoms with E-state index in [0.717, 1.165) is 10.2 Å². The third-order valence-electron chi connectivity index (χ3n) is 4.51. The molecule has 3 aromatic rings. The molecule has 0 atom stereocenters. The topological polar surface area (TPSA) is 96.0 Å². The van der Waals surface area contributed by atoms with Crippen molar-refractivity contribution in [2.75, 3.05) is 13.2 Å². The zero-order chi connectivity index (χ0) is 19.8. The highest BCUT2D eigenvalue weighted by Crippen LogP contribution is 2.35. The molecule has 4 rings (SSSR count). The molecule has 1 aliphatic heterocycles. The average molecular weight is 399 g/mol. The number of fused-ring (bicyclic) bond motifs is 2. The van der Waals surface area contributed by atoms with Crippen LogP contribution in [0.5, 0.6) is 11.5 Å². The second-order valence-corrected chi connectivity index (χ2v) is 7.28. The van der Waals surface area contributed by atoms with Gasteiger partial charge in [0.05, 0.1) is 15.1 Å². The Morgan fingerprint density at radius 1 is 1.25 bits per heavy atom. The fourth-order valence-electron chi connectivity index (χ4n) is 3.09. The molecule has 0 spiro atoms. The molecule has 0 saturated carbocycles. The molecule has 1 aromatic heterocycles. The van der Waals surface area contributed by atoms with Crippen molar-refractivity contribution in [2.24, 2.45) is 4.99 Å². The van der Waals surface area contributed by atoms with Crippen LogP contribution < -0.4 is 14.3 Å². The minimum Gasteiger partial charge on any atom is -0.486 e. The van der Waals surface area contributed by atoms with Crippen molar-refractivity contribution in [3.05, 3.63) is 56.4 Å². The number of benzene rings is 2. The molecule has 0 bridgehead atoms. The molecule has 8 nitrogen and oxygen atoms in total. The maximum absolute atomic E-state index is 12.7. The highest BCUT2D eigenvalue weighted by molar-refractivity contribution is 7.16. The first kappa shape index (κ1) is 18.2. The molecule has 0 unspecified atom stereocenters. The number of carbonyl (C=O) groups excluding carboxylic acids is 1. The molecule has 0 aliphatic carbocycles. The normalized spacial score (nSPS) is 13.7. The first-order valence-electron chi connectivity index (χ1n) is 8.75. The smallest absolute Gasteiger partial charge is 0.279 e. The molecule has 1 aliphatic rings. The Bertz CT molecular complexity index is 1180. The molecule has 144 valence electrons. The van der Waals surface area contributed by atoms with Gasteiger partial charge in [-0.15, -0.1) is 0 Å². The Kier molecular flexibility index (Phi) is 4.60. The van der Waals surface area contributed by atoms with Gasteiger partial charge in [-0.2, -0.15) is 4.99 Å². The Morgan fingerprint density at radius 3 is 2.64 bits per heavy atom. The van der Waals surface area contributed by atoms with E-state index >= 15 is 0 Å². The van der Waals surface area contributed by atoms with Crippen LogP contribution in [0.2, 0.25) is 0 Å². The second-order valence-electron chi connectivity index (χ2n) is 6.27. The number of amides is 1. The molecule has 0 radical (unpaired) electrons. The summed E-state index contributed by atoms with van der Waals surface area (Å²) in [4.78, 5) is 28.0. The summed E-state index contributed by atoms with van der Waals surface area (Å²) >= 11 is 1.36. The lowest BCUT2D eigenvalue weighted by Crippen LogP contribution is -2.17. The van der Waals surface area contributed by atoms with Crippen LogP contribution in [0.25, 0.3) is 10.2 Å². The highest BCUT2D eigenvalue weighted by Gasteiger charge is 2.18. The highest BCUT2D eigenvalue weighted by atomic mass is 32.1. The average Bonchev–Trinajstić information content (AvgIpc) is 3.01. The molecule has 0 N–H and O–H groups in total. The number of ether oxygens (including phenoxy) is 2. The lowest BCUT2D eigenvalue weighted by atomic mass is 10.1. The Hall–Kier alpha value is -3.20. The van der Waals surface area contributed by atoms with Gasteiger partial charge in [0.15, 0.2) is 16.3 Å². The van der Waals surface area contributed by atoms with E-state index in [9.17, 15) is 14.9 Å². The van der Waals surface area contributed by atoms with Crippen LogP contribution in [0.1, 0.15) is 22.8 Å². The molecule has 2 heterocycles. The van der Waals surface area contributed by atoms with Gasteiger partial charge in [-0.1, -0.05) is 17.4 Å². The van der Waals surface area contributed by atoms with Crippen LogP contribution in [0.15, 0.2) is 35.3 Å². The van der Waals surface area contributed by atoms with E-state index in [1.54, 1.807) is 19.1 Å². The maximum atomic E-state index is 12.7. The number of rotatable bonds is 3. The lowest BCUT2D eigenvalue weighted by Gasteiger charge is -2.18. The predicted molar refractivity (Wildman–Crippen MR) is 104 cm³/mol. The minimum atomic E-state index is -0.519. The number of nitro benzene ring substituents is 1. The number of nitro groups is 1. The van der Waals surface area contributed by atoms with E-state index in [1.807, 2.05) is 23.6 Å². The zero-order valence-electron chi connectivity index (χ0n) is 15.3. The summed E-state index contributed by atoms with van der Waals surface area (Å²) < 4.78 is 14.1. The van der Waals surface area contributed by atoms with Gasteiger partial charge in [-0.05, 0) is 19.9 Å². The molecule has 2 aromatic carbocycles. The van der Waals surface area contributed by atoms with E-state index in [-0.39, 0.29) is 11.3 Å². The molecule has 0 fully saturated rings. The van der Waals surface area contributed by atoms with Gasteiger partial charge in [-0.3, -0.25) is 14.9 Å². The largest absolute Gasteiger partial charge is 0.486 e. The van der Waals surface area contributed by atoms with E-state index < -0.39 is 10.8 Å². The van der Waals surface area contributed by atoms with Gasteiger partial charge >= 0.3 is 0 Å². The first-order chi connectivity index (χ1) is 13.5. The minimum absolute atomic E-state index is 0.0947. The Morgan fingerprint density at radius 2 is 1.96 bits per heavy atom. The van der Waals surface area contributed by atoms with Crippen molar-refractivity contribution in [2.45, 2.75) is 20.4 Å². The van der Waals surface area contributed by atoms with Gasteiger partial charge < -0.3 is 14.0 Å². The molecular formula is C19H17N3O5S. The van der Waals surface area contributed by atoms with Crippen molar-refractivity contribution >= 4 is 33.1 Å². The van der Waals surface area contributed by atoms with Gasteiger partial charge in [0.2, 0.25) is 0 Å². The lowest BCUT2D eigenvalue weighted by molar-refractivity contribution is -0.385. The number of carbonyl (C=O) groups is 1. The number of nitrogens with zero attached hydrogens (tertiary/aromatic N) is 3. The van der Waals surface area contributed by atoms with E-state index in [2.05, 4.69) is 4.99 Å². The predicted octanol–water partition coefficient (Wildman–Crippen LogP) is 3.45. The molecule has 9 heteroatoms. The maximum Gasteiger partial charge on any atom is 0.279 e. The third kappa shape index (κ3) is 3.13. The van der Waals surface area contributed by atoms with Crippen molar-refractivity contribution in [1.29, 1.82) is 0 Å². The summed E-state index contributed by atoms with van der Waals surface area (Å²) in [5.41, 5.74) is 1.49. The first-order valence-corrected chi connectivity index (χ1v) is 9.56. The van der Waals surface area contributed by atoms with Crippen LogP contribution in [-0.4, -0.2) is 28.6 Å². The van der Waals surface area contributed by atoms with Crippen LogP contribution in [0.3, 0.4) is 0 Å². The quantitative estimate of drug-likeness (QED) is 0.496. The van der Waals surface area contributed by atoms with Crippen LogP contribution in [-0.2, 0) is 6.54 Å². The van der Waals surface area contributed by atoms with Gasteiger partial charge in [0.25, 0.3) is 11.6 Å². The van der Waals surface area contributed by atoms with Crippen LogP contribution >= 0.6 is 11.3 Å². The number of thiazole rings is 1. The summed E-state index contributed by atoms with van der Waals surface area (Å²) in [5.74, 6) is 0.829. The van der Waals surface area contributed by atoms with Crippen LogP contribution in [0, 0.1) is 17.0 Å². The van der Waals surface area contributed by atoms with Gasteiger partial charge in [-0.25, -0.2) is 0 Å². The Balaban J connectivity index is 1.82. The fraction of sp³-hybridized carbons (Fsp3) is 0.263.